The van der Waals surface area contributed by atoms with E-state index >= 15 is 0 Å². The number of hydrogen-bond donors (Lipinski definition) is 1. The number of nitrogens with zero attached hydrogens (tertiary/aromatic N) is 1. The Bertz CT molecular complexity index is 1560. The molecule has 1 heterocycles. The number of benzene rings is 2. The van der Waals surface area contributed by atoms with Crippen LogP contribution in [0.25, 0.3) is 0 Å². The lowest BCUT2D eigenvalue weighted by Gasteiger charge is -2.42. The van der Waals surface area contributed by atoms with Crippen LogP contribution in [-0.4, -0.2) is 34.3 Å². The number of phenolic OH excluding ortho intramolecular Hbond substituents is 1. The molecule has 2 aromatic rings. The van der Waals surface area contributed by atoms with Gasteiger partial charge in [-0.3, -0.25) is 28.9 Å². The van der Waals surface area contributed by atoms with E-state index in [2.05, 4.69) is 15.9 Å². The molecular weight excluding hydrogens is 550 g/mol. The molecule has 0 aromatic heterocycles. The van der Waals surface area contributed by atoms with Gasteiger partial charge in [0.15, 0.2) is 17.3 Å². The first-order valence-electron chi connectivity index (χ1n) is 12.3. The van der Waals surface area contributed by atoms with E-state index in [9.17, 15) is 29.1 Å². The first-order chi connectivity index (χ1) is 18.2. The fourth-order valence-electron chi connectivity index (χ4n) is 6.39. The summed E-state index contributed by atoms with van der Waals surface area (Å²) in [7, 11) is 0. The van der Waals surface area contributed by atoms with Crippen molar-refractivity contribution in [3.05, 3.63) is 93.0 Å². The summed E-state index contributed by atoms with van der Waals surface area (Å²) in [6.45, 7) is 1.45. The molecule has 3 aliphatic carbocycles. The third-order valence-corrected chi connectivity index (χ3v) is 8.70. The summed E-state index contributed by atoms with van der Waals surface area (Å²) in [5.74, 6) is -3.98. The maximum absolute atomic E-state index is 13.9. The molecule has 0 saturated carbocycles. The fourth-order valence-corrected chi connectivity index (χ4v) is 6.84. The summed E-state index contributed by atoms with van der Waals surface area (Å²) in [6, 6.07) is 13.0. The van der Waals surface area contributed by atoms with Gasteiger partial charge in [-0.25, -0.2) is 0 Å². The number of imide groups is 1. The number of amides is 2. The van der Waals surface area contributed by atoms with Gasteiger partial charge < -0.3 is 5.11 Å². The minimum atomic E-state index is -0.718. The van der Waals surface area contributed by atoms with E-state index in [1.54, 1.807) is 42.5 Å². The molecule has 2 amide bonds. The quantitative estimate of drug-likeness (QED) is 0.250. The Balaban J connectivity index is 1.46. The van der Waals surface area contributed by atoms with Gasteiger partial charge >= 0.3 is 0 Å². The number of carbonyl (C=O) groups excluding carboxylic acids is 5. The minimum Gasteiger partial charge on any atom is -0.508 e. The van der Waals surface area contributed by atoms with Crippen molar-refractivity contribution in [2.24, 2.45) is 17.8 Å². The van der Waals surface area contributed by atoms with Gasteiger partial charge in [-0.2, -0.15) is 0 Å². The van der Waals surface area contributed by atoms with E-state index in [0.717, 1.165) is 5.57 Å². The van der Waals surface area contributed by atoms with Crippen molar-refractivity contribution >= 4 is 50.8 Å². The number of ketones is 3. The van der Waals surface area contributed by atoms with Crippen molar-refractivity contribution in [1.29, 1.82) is 0 Å². The molecule has 190 valence electrons. The summed E-state index contributed by atoms with van der Waals surface area (Å²) < 4.78 is 0.151. The smallest absolute Gasteiger partial charge is 0.238 e. The fraction of sp³-hybridized carbons (Fsp3) is 0.233. The lowest BCUT2D eigenvalue weighted by atomic mass is 9.59. The van der Waals surface area contributed by atoms with E-state index in [-0.39, 0.29) is 45.8 Å². The molecule has 8 heteroatoms. The molecule has 4 aliphatic rings. The number of para-hydroxylation sites is 1. The number of Topliss-reactive ketones (excluding diaryl/α,β-unsaturated/α-hetero) is 2. The zero-order chi connectivity index (χ0) is 26.9. The second-order valence-electron chi connectivity index (χ2n) is 10.1. The van der Waals surface area contributed by atoms with Gasteiger partial charge in [-0.1, -0.05) is 29.8 Å². The zero-order valence-electron chi connectivity index (χ0n) is 20.3. The Morgan fingerprint density at radius 1 is 0.974 bits per heavy atom. The average Bonchev–Trinajstić information content (AvgIpc) is 3.16. The molecule has 7 nitrogen and oxygen atoms in total. The first kappa shape index (κ1) is 24.4. The third-order valence-electron chi connectivity index (χ3n) is 8.11. The van der Waals surface area contributed by atoms with Crippen molar-refractivity contribution < 1.29 is 29.1 Å². The molecular formula is C30H22BrNO6. The first-order valence-corrected chi connectivity index (χ1v) is 13.1. The molecule has 0 radical (unpaired) electrons. The van der Waals surface area contributed by atoms with Crippen molar-refractivity contribution in [3.8, 4) is 5.75 Å². The molecule has 1 fully saturated rings. The van der Waals surface area contributed by atoms with Crippen LogP contribution < -0.4 is 4.90 Å². The van der Waals surface area contributed by atoms with Gasteiger partial charge in [-0.05, 0) is 71.9 Å². The normalized spacial score (nSPS) is 26.5. The van der Waals surface area contributed by atoms with Crippen molar-refractivity contribution in [1.82, 2.24) is 0 Å². The van der Waals surface area contributed by atoms with Crippen LogP contribution in [0.4, 0.5) is 5.69 Å². The molecule has 4 unspecified atom stereocenters. The number of rotatable bonds is 3. The van der Waals surface area contributed by atoms with Gasteiger partial charge in [0.2, 0.25) is 11.8 Å². The maximum atomic E-state index is 13.9. The molecule has 4 atom stereocenters. The molecule has 6 rings (SSSR count). The molecule has 38 heavy (non-hydrogen) atoms. The highest BCUT2D eigenvalue weighted by Crippen LogP contribution is 2.56. The van der Waals surface area contributed by atoms with Crippen LogP contribution in [0.2, 0.25) is 0 Å². The second kappa shape index (κ2) is 8.84. The molecule has 1 N–H and O–H groups in total. The predicted octanol–water partition coefficient (Wildman–Crippen LogP) is 4.56. The van der Waals surface area contributed by atoms with E-state index < -0.39 is 23.7 Å². The highest BCUT2D eigenvalue weighted by molar-refractivity contribution is 9.12. The lowest BCUT2D eigenvalue weighted by molar-refractivity contribution is -0.123. The number of fused-ring (bicyclic) bond motifs is 3. The lowest BCUT2D eigenvalue weighted by Crippen LogP contribution is -2.39. The standard InChI is InChI=1S/C30H22BrNO6/c1-14(33)15-6-8-16(9-7-15)32-29(37)19-11-10-17-20(26(19)30(32)38)12-21-27(24(35)13-22(31)28(21)36)25(17)18-4-2-3-5-23(18)34/h2-10,13,19-20,25-26,34H,11-12H2,1H3. The van der Waals surface area contributed by atoms with Crippen LogP contribution in [0.1, 0.15) is 41.6 Å². The van der Waals surface area contributed by atoms with E-state index in [0.29, 0.717) is 34.4 Å². The SMILES string of the molecule is CC(=O)c1ccc(N2C(=O)C3CC=C4C(c5ccccc5O)C5=C(CC4C3C2=O)C(=O)C(Br)=CC5=O)cc1. The second-order valence-corrected chi connectivity index (χ2v) is 10.9. The molecule has 2 aromatic carbocycles. The Labute approximate surface area is 226 Å². The zero-order valence-corrected chi connectivity index (χ0v) is 21.9. The highest BCUT2D eigenvalue weighted by atomic mass is 79.9. The largest absolute Gasteiger partial charge is 0.508 e. The predicted molar refractivity (Wildman–Crippen MR) is 142 cm³/mol. The van der Waals surface area contributed by atoms with E-state index in [4.69, 9.17) is 0 Å². The molecule has 1 saturated heterocycles. The number of aromatic hydroxyl groups is 1. The van der Waals surface area contributed by atoms with Crippen LogP contribution in [0.3, 0.4) is 0 Å². The summed E-state index contributed by atoms with van der Waals surface area (Å²) in [5, 5.41) is 10.8. The van der Waals surface area contributed by atoms with Gasteiger partial charge in [-0.15, -0.1) is 0 Å². The maximum Gasteiger partial charge on any atom is 0.238 e. The summed E-state index contributed by atoms with van der Waals surface area (Å²) in [6.07, 6.45) is 3.62. The van der Waals surface area contributed by atoms with Gasteiger partial charge in [0.1, 0.15) is 5.75 Å². The number of phenols is 1. The Kier molecular flexibility index (Phi) is 5.68. The van der Waals surface area contributed by atoms with Crippen LogP contribution in [0.5, 0.6) is 5.75 Å². The van der Waals surface area contributed by atoms with E-state index in [1.807, 2.05) is 6.08 Å². The number of halogens is 1. The minimum absolute atomic E-state index is 0.0112. The van der Waals surface area contributed by atoms with Crippen molar-refractivity contribution in [2.75, 3.05) is 4.90 Å². The number of anilines is 1. The highest BCUT2D eigenvalue weighted by Gasteiger charge is 2.56. The van der Waals surface area contributed by atoms with Gasteiger partial charge in [0.05, 0.1) is 22.0 Å². The summed E-state index contributed by atoms with van der Waals surface area (Å²) >= 11 is 3.21. The van der Waals surface area contributed by atoms with Crippen molar-refractivity contribution in [2.45, 2.75) is 25.7 Å². The third kappa shape index (κ3) is 3.50. The number of hydrogen-bond acceptors (Lipinski definition) is 6. The molecule has 0 spiro atoms. The average molecular weight is 572 g/mol. The topological polar surface area (TPSA) is 109 Å². The van der Waals surface area contributed by atoms with Crippen LogP contribution in [0.15, 0.2) is 81.9 Å². The summed E-state index contributed by atoms with van der Waals surface area (Å²) in [5.41, 5.74) is 2.75. The monoisotopic (exact) mass is 571 g/mol. The van der Waals surface area contributed by atoms with E-state index in [1.165, 1.54) is 24.0 Å². The number of carbonyl (C=O) groups is 5. The summed E-state index contributed by atoms with van der Waals surface area (Å²) in [4.78, 5) is 66.8. The molecule has 1 aliphatic heterocycles. The molecule has 0 bridgehead atoms. The Morgan fingerprint density at radius 2 is 1.68 bits per heavy atom. The van der Waals surface area contributed by atoms with Crippen LogP contribution in [0, 0.1) is 17.8 Å². The Morgan fingerprint density at radius 3 is 2.37 bits per heavy atom. The van der Waals surface area contributed by atoms with Gasteiger partial charge in [0.25, 0.3) is 0 Å². The van der Waals surface area contributed by atoms with Crippen LogP contribution in [-0.2, 0) is 19.2 Å². The van der Waals surface area contributed by atoms with Crippen LogP contribution >= 0.6 is 15.9 Å². The van der Waals surface area contributed by atoms with Crippen molar-refractivity contribution in [3.63, 3.8) is 0 Å². The Hall–Kier alpha value is -3.91. The number of allylic oxidation sites excluding steroid dienone is 6. The van der Waals surface area contributed by atoms with Gasteiger partial charge in [0, 0.05) is 34.3 Å².